The van der Waals surface area contributed by atoms with E-state index in [1.54, 1.807) is 36.2 Å². The zero-order chi connectivity index (χ0) is 16.4. The Labute approximate surface area is 138 Å². The molecule has 0 fully saturated rings. The van der Waals surface area contributed by atoms with Crippen molar-refractivity contribution in [3.8, 4) is 0 Å². The molecule has 0 atom stereocenters. The third kappa shape index (κ3) is 3.27. The Kier molecular flexibility index (Phi) is 4.17. The van der Waals surface area contributed by atoms with Crippen LogP contribution in [0.2, 0.25) is 5.02 Å². The zero-order valence-corrected chi connectivity index (χ0v) is 13.4. The largest absolute Gasteiger partial charge is 0.497 e. The van der Waals surface area contributed by atoms with Crippen LogP contribution in [0.1, 0.15) is 11.3 Å². The van der Waals surface area contributed by atoms with Crippen molar-refractivity contribution >= 4 is 28.1 Å². The average Bonchev–Trinajstić information content (AvgIpc) is 2.55. The lowest BCUT2D eigenvalue weighted by Gasteiger charge is -2.09. The monoisotopic (exact) mass is 326 g/mol. The van der Waals surface area contributed by atoms with Gasteiger partial charge in [0.05, 0.1) is 19.3 Å². The van der Waals surface area contributed by atoms with Gasteiger partial charge in [0.15, 0.2) is 0 Å². The maximum atomic E-state index is 12.3. The Morgan fingerprint density at radius 1 is 1.26 bits per heavy atom. The van der Waals surface area contributed by atoms with Gasteiger partial charge >= 0.3 is 0 Å². The van der Waals surface area contributed by atoms with E-state index in [0.29, 0.717) is 17.3 Å². The molecular formula is C18H15ClN2O2. The molecule has 0 unspecified atom stereocenters. The number of benzene rings is 1. The summed E-state index contributed by atoms with van der Waals surface area (Å²) < 4.78 is 6.74. The Bertz CT molecular complexity index is 947. The average molecular weight is 327 g/mol. The summed E-state index contributed by atoms with van der Waals surface area (Å²) in [7, 11) is 1.57. The molecule has 116 valence electrons. The number of nitrogens with zero attached hydrogens (tertiary/aromatic N) is 2. The van der Waals surface area contributed by atoms with Gasteiger partial charge in [-0.1, -0.05) is 24.2 Å². The number of ether oxygens (including phenoxy) is 1. The second-order valence-electron chi connectivity index (χ2n) is 5.18. The molecule has 5 heteroatoms. The van der Waals surface area contributed by atoms with Crippen LogP contribution in [0.15, 0.2) is 60.2 Å². The number of hydrogen-bond acceptors (Lipinski definition) is 3. The number of hydrogen-bond donors (Lipinski definition) is 0. The lowest BCUT2D eigenvalue weighted by Crippen LogP contribution is -2.19. The highest BCUT2D eigenvalue weighted by Gasteiger charge is 2.05. The van der Waals surface area contributed by atoms with E-state index in [1.165, 1.54) is 0 Å². The van der Waals surface area contributed by atoms with Crippen molar-refractivity contribution in [3.63, 3.8) is 0 Å². The van der Waals surface area contributed by atoms with Gasteiger partial charge in [-0.25, -0.2) is 0 Å². The Hall–Kier alpha value is -2.59. The molecule has 2 aromatic heterocycles. The van der Waals surface area contributed by atoms with Crippen molar-refractivity contribution in [3.05, 3.63) is 82.0 Å². The lowest BCUT2D eigenvalue weighted by molar-refractivity contribution is 0.371. The molecule has 0 N–H and O–H groups in total. The van der Waals surface area contributed by atoms with E-state index in [1.807, 2.05) is 24.3 Å². The molecule has 23 heavy (non-hydrogen) atoms. The number of methoxy groups -OCH3 is 1. The maximum Gasteiger partial charge on any atom is 0.251 e. The van der Waals surface area contributed by atoms with Gasteiger partial charge < -0.3 is 9.30 Å². The molecule has 2 heterocycles. The minimum Gasteiger partial charge on any atom is -0.497 e. The molecule has 0 saturated carbocycles. The van der Waals surface area contributed by atoms with Crippen molar-refractivity contribution in [2.24, 2.45) is 0 Å². The fraction of sp³-hybridized carbons (Fsp3) is 0.111. The Morgan fingerprint density at radius 3 is 2.87 bits per heavy atom. The fourth-order valence-corrected chi connectivity index (χ4v) is 2.57. The third-order valence-corrected chi connectivity index (χ3v) is 3.86. The first-order valence-electron chi connectivity index (χ1n) is 7.05. The summed E-state index contributed by atoms with van der Waals surface area (Å²) in [6.07, 6.45) is 3.47. The van der Waals surface area contributed by atoms with E-state index < -0.39 is 0 Å². The zero-order valence-electron chi connectivity index (χ0n) is 12.6. The predicted octanol–water partition coefficient (Wildman–Crippen LogP) is 3.72. The van der Waals surface area contributed by atoms with Crippen molar-refractivity contribution in [2.45, 2.75) is 6.54 Å². The highest BCUT2D eigenvalue weighted by molar-refractivity contribution is 6.31. The molecule has 0 saturated heterocycles. The first kappa shape index (κ1) is 15.3. The van der Waals surface area contributed by atoms with Crippen LogP contribution in [0.4, 0.5) is 0 Å². The van der Waals surface area contributed by atoms with Crippen LogP contribution < -0.4 is 5.56 Å². The highest BCUT2D eigenvalue weighted by Crippen LogP contribution is 2.18. The summed E-state index contributed by atoms with van der Waals surface area (Å²) in [4.78, 5) is 16.6. The van der Waals surface area contributed by atoms with Gasteiger partial charge in [0.2, 0.25) is 0 Å². The van der Waals surface area contributed by atoms with Crippen molar-refractivity contribution < 1.29 is 4.74 Å². The lowest BCUT2D eigenvalue weighted by atomic mass is 10.1. The molecule has 0 aliphatic heterocycles. The Morgan fingerprint density at radius 2 is 2.09 bits per heavy atom. The van der Waals surface area contributed by atoms with Gasteiger partial charge in [0, 0.05) is 29.0 Å². The molecule has 0 aliphatic rings. The number of rotatable bonds is 4. The first-order valence-corrected chi connectivity index (χ1v) is 7.42. The van der Waals surface area contributed by atoms with Crippen LogP contribution in [-0.2, 0) is 11.3 Å². The smallest absolute Gasteiger partial charge is 0.251 e. The summed E-state index contributed by atoms with van der Waals surface area (Å²) in [5.74, 6) is 0.561. The minimum atomic E-state index is -0.0856. The third-order valence-electron chi connectivity index (χ3n) is 3.62. The number of pyridine rings is 2. The SMILES string of the molecule is C=C(OC)c1ccnc(Cn2cc3cc(Cl)ccc3cc2=O)c1. The van der Waals surface area contributed by atoms with E-state index >= 15 is 0 Å². The molecule has 0 aliphatic carbocycles. The molecule has 0 radical (unpaired) electrons. The second kappa shape index (κ2) is 6.26. The van der Waals surface area contributed by atoms with E-state index in [4.69, 9.17) is 16.3 Å². The summed E-state index contributed by atoms with van der Waals surface area (Å²) in [6.45, 7) is 4.19. The molecule has 0 spiro atoms. The second-order valence-corrected chi connectivity index (χ2v) is 5.61. The normalized spacial score (nSPS) is 10.7. The van der Waals surface area contributed by atoms with Gasteiger partial charge in [0.1, 0.15) is 5.76 Å². The van der Waals surface area contributed by atoms with Crippen LogP contribution in [0, 0.1) is 0 Å². The van der Waals surface area contributed by atoms with Gasteiger partial charge in [-0.2, -0.15) is 0 Å². The number of fused-ring (bicyclic) bond motifs is 1. The summed E-state index contributed by atoms with van der Waals surface area (Å²) in [6, 6.07) is 10.7. The molecule has 4 nitrogen and oxygen atoms in total. The van der Waals surface area contributed by atoms with E-state index in [-0.39, 0.29) is 5.56 Å². The van der Waals surface area contributed by atoms with Gasteiger partial charge in [-0.15, -0.1) is 0 Å². The van der Waals surface area contributed by atoms with Crippen LogP contribution in [0.5, 0.6) is 0 Å². The summed E-state index contributed by atoms with van der Waals surface area (Å²) in [5, 5.41) is 2.42. The fourth-order valence-electron chi connectivity index (χ4n) is 2.39. The first-order chi connectivity index (χ1) is 11.1. The van der Waals surface area contributed by atoms with E-state index in [0.717, 1.165) is 22.0 Å². The molecule has 1 aromatic carbocycles. The predicted molar refractivity (Wildman–Crippen MR) is 92.6 cm³/mol. The standard InChI is InChI=1S/C18H15ClN2O2/c1-12(23-2)13-5-6-20-17(8-13)11-21-10-15-7-16(19)4-3-14(15)9-18(21)22/h3-10H,1,11H2,2H3. The van der Waals surface area contributed by atoms with Gasteiger partial charge in [-0.3, -0.25) is 9.78 Å². The Balaban J connectivity index is 1.99. The molecule has 0 amide bonds. The molecule has 3 rings (SSSR count). The number of halogens is 1. The van der Waals surface area contributed by atoms with Crippen LogP contribution in [-0.4, -0.2) is 16.7 Å². The molecule has 3 aromatic rings. The molecule has 0 bridgehead atoms. The van der Waals surface area contributed by atoms with Crippen LogP contribution in [0.25, 0.3) is 16.5 Å². The number of aromatic nitrogens is 2. The topological polar surface area (TPSA) is 44.1 Å². The summed E-state index contributed by atoms with van der Waals surface area (Å²) in [5.41, 5.74) is 1.51. The van der Waals surface area contributed by atoms with Gasteiger partial charge in [0.25, 0.3) is 5.56 Å². The van der Waals surface area contributed by atoms with Crippen molar-refractivity contribution in [1.29, 1.82) is 0 Å². The minimum absolute atomic E-state index is 0.0856. The summed E-state index contributed by atoms with van der Waals surface area (Å²) >= 11 is 6.02. The molecular weight excluding hydrogens is 312 g/mol. The van der Waals surface area contributed by atoms with Crippen LogP contribution in [0.3, 0.4) is 0 Å². The highest BCUT2D eigenvalue weighted by atomic mass is 35.5. The van der Waals surface area contributed by atoms with E-state index in [9.17, 15) is 4.79 Å². The van der Waals surface area contributed by atoms with Crippen molar-refractivity contribution in [2.75, 3.05) is 7.11 Å². The van der Waals surface area contributed by atoms with E-state index in [2.05, 4.69) is 11.6 Å². The maximum absolute atomic E-state index is 12.3. The quantitative estimate of drug-likeness (QED) is 0.686. The van der Waals surface area contributed by atoms with Crippen LogP contribution >= 0.6 is 11.6 Å². The van der Waals surface area contributed by atoms with Gasteiger partial charge in [-0.05, 0) is 35.0 Å². The van der Waals surface area contributed by atoms with Crippen molar-refractivity contribution in [1.82, 2.24) is 9.55 Å².